The first kappa shape index (κ1) is 15.3. The molecule has 1 amide bonds. The fourth-order valence-corrected chi connectivity index (χ4v) is 3.91. The predicted molar refractivity (Wildman–Crippen MR) is 81.3 cm³/mol. The van der Waals surface area contributed by atoms with Crippen molar-refractivity contribution in [2.75, 3.05) is 11.1 Å². The van der Waals surface area contributed by atoms with E-state index in [1.54, 1.807) is 24.8 Å². The molecule has 1 fully saturated rings. The topological polar surface area (TPSA) is 89.3 Å². The molecule has 1 aromatic rings. The van der Waals surface area contributed by atoms with Crippen LogP contribution in [0.25, 0.3) is 0 Å². The van der Waals surface area contributed by atoms with Crippen LogP contribution in [0.2, 0.25) is 0 Å². The number of nitrogens with two attached hydrogens (primary N) is 1. The van der Waals surface area contributed by atoms with Crippen LogP contribution in [0.4, 0.5) is 5.69 Å². The van der Waals surface area contributed by atoms with Gasteiger partial charge in [-0.2, -0.15) is 0 Å². The van der Waals surface area contributed by atoms with E-state index in [1.165, 1.54) is 12.1 Å². The SMILES string of the molecule is Cc1cc(S(N)(=O)=O)ccc1NC(=O)C1CCCCS1. The molecule has 1 unspecified atom stereocenters. The van der Waals surface area contributed by atoms with Crippen molar-refractivity contribution in [1.82, 2.24) is 0 Å². The number of aryl methyl sites for hydroxylation is 1. The van der Waals surface area contributed by atoms with E-state index in [4.69, 9.17) is 5.14 Å². The molecule has 0 aliphatic carbocycles. The summed E-state index contributed by atoms with van der Waals surface area (Å²) in [7, 11) is -3.71. The van der Waals surface area contributed by atoms with Crippen LogP contribution in [0.15, 0.2) is 23.1 Å². The number of primary sulfonamides is 1. The van der Waals surface area contributed by atoms with Crippen LogP contribution in [-0.2, 0) is 14.8 Å². The summed E-state index contributed by atoms with van der Waals surface area (Å²) >= 11 is 1.68. The summed E-state index contributed by atoms with van der Waals surface area (Å²) < 4.78 is 22.5. The molecule has 0 radical (unpaired) electrons. The minimum atomic E-state index is -3.71. The molecule has 0 bridgehead atoms. The Kier molecular flexibility index (Phi) is 4.72. The van der Waals surface area contributed by atoms with Crippen LogP contribution >= 0.6 is 11.8 Å². The van der Waals surface area contributed by atoms with E-state index in [0.717, 1.165) is 25.0 Å². The quantitative estimate of drug-likeness (QED) is 0.891. The Balaban J connectivity index is 2.11. The second-order valence-electron chi connectivity index (χ2n) is 4.87. The molecule has 1 heterocycles. The zero-order chi connectivity index (χ0) is 14.8. The second kappa shape index (κ2) is 6.15. The van der Waals surface area contributed by atoms with Gasteiger partial charge in [-0.15, -0.1) is 11.8 Å². The van der Waals surface area contributed by atoms with Gasteiger partial charge in [0, 0.05) is 5.69 Å². The van der Waals surface area contributed by atoms with Gasteiger partial charge in [-0.25, -0.2) is 13.6 Å². The molecule has 0 aromatic heterocycles. The van der Waals surface area contributed by atoms with Crippen molar-refractivity contribution in [3.05, 3.63) is 23.8 Å². The molecule has 5 nitrogen and oxygen atoms in total. The van der Waals surface area contributed by atoms with Crippen molar-refractivity contribution in [3.8, 4) is 0 Å². The Morgan fingerprint density at radius 2 is 2.15 bits per heavy atom. The highest BCUT2D eigenvalue weighted by molar-refractivity contribution is 8.00. The van der Waals surface area contributed by atoms with Crippen LogP contribution in [0.3, 0.4) is 0 Å². The van der Waals surface area contributed by atoms with Gasteiger partial charge < -0.3 is 5.32 Å². The highest BCUT2D eigenvalue weighted by atomic mass is 32.2. The Morgan fingerprint density at radius 3 is 2.70 bits per heavy atom. The summed E-state index contributed by atoms with van der Waals surface area (Å²) in [5.74, 6) is 1.00. The first-order chi connectivity index (χ1) is 9.38. The number of amides is 1. The molecule has 2 rings (SSSR count). The highest BCUT2D eigenvalue weighted by Gasteiger charge is 2.22. The molecule has 1 aliphatic heterocycles. The van der Waals surface area contributed by atoms with E-state index in [9.17, 15) is 13.2 Å². The average Bonchev–Trinajstić information content (AvgIpc) is 2.41. The zero-order valence-corrected chi connectivity index (χ0v) is 12.9. The third-order valence-corrected chi connectivity index (χ3v) is 5.54. The maximum absolute atomic E-state index is 12.1. The number of carbonyl (C=O) groups excluding carboxylic acids is 1. The molecular weight excluding hydrogens is 296 g/mol. The number of hydrogen-bond donors (Lipinski definition) is 2. The van der Waals surface area contributed by atoms with Crippen molar-refractivity contribution < 1.29 is 13.2 Å². The number of rotatable bonds is 3. The lowest BCUT2D eigenvalue weighted by atomic mass is 10.1. The molecule has 1 aliphatic rings. The second-order valence-corrected chi connectivity index (χ2v) is 7.74. The molecule has 3 N–H and O–H groups in total. The highest BCUT2D eigenvalue weighted by Crippen LogP contribution is 2.27. The molecule has 1 atom stereocenters. The number of nitrogens with one attached hydrogen (secondary N) is 1. The summed E-state index contributed by atoms with van der Waals surface area (Å²) in [5, 5.41) is 7.93. The summed E-state index contributed by atoms with van der Waals surface area (Å²) in [6.07, 6.45) is 3.13. The standard InChI is InChI=1S/C13H18N2O3S2/c1-9-8-10(20(14,17)18)5-6-11(9)15-13(16)12-4-2-3-7-19-12/h5-6,8,12H,2-4,7H2,1H3,(H,15,16)(H2,14,17,18). The first-order valence-electron chi connectivity index (χ1n) is 6.44. The van der Waals surface area contributed by atoms with Gasteiger partial charge in [-0.3, -0.25) is 4.79 Å². The van der Waals surface area contributed by atoms with Crippen molar-refractivity contribution in [2.45, 2.75) is 36.3 Å². The normalized spacial score (nSPS) is 19.6. The maximum atomic E-state index is 12.1. The Labute approximate surface area is 123 Å². The van der Waals surface area contributed by atoms with Crippen molar-refractivity contribution >= 4 is 33.4 Å². The monoisotopic (exact) mass is 314 g/mol. The Morgan fingerprint density at radius 1 is 1.40 bits per heavy atom. The predicted octanol–water partition coefficient (Wildman–Crippen LogP) is 1.87. The lowest BCUT2D eigenvalue weighted by molar-refractivity contribution is -0.115. The van der Waals surface area contributed by atoms with Crippen LogP contribution in [0, 0.1) is 6.92 Å². The van der Waals surface area contributed by atoms with E-state index in [0.29, 0.717) is 11.3 Å². The van der Waals surface area contributed by atoms with Gasteiger partial charge in [-0.1, -0.05) is 6.42 Å². The minimum Gasteiger partial charge on any atom is -0.325 e. The lowest BCUT2D eigenvalue weighted by Gasteiger charge is -2.21. The number of benzene rings is 1. The molecule has 0 spiro atoms. The third-order valence-electron chi connectivity index (χ3n) is 3.26. The van der Waals surface area contributed by atoms with E-state index >= 15 is 0 Å². The van der Waals surface area contributed by atoms with E-state index in [1.807, 2.05) is 0 Å². The zero-order valence-electron chi connectivity index (χ0n) is 11.3. The number of anilines is 1. The average molecular weight is 314 g/mol. The lowest BCUT2D eigenvalue weighted by Crippen LogP contribution is -2.27. The largest absolute Gasteiger partial charge is 0.325 e. The summed E-state index contributed by atoms with van der Waals surface area (Å²) in [6, 6.07) is 4.46. The van der Waals surface area contributed by atoms with Gasteiger partial charge >= 0.3 is 0 Å². The molecule has 7 heteroatoms. The van der Waals surface area contributed by atoms with Crippen LogP contribution < -0.4 is 10.5 Å². The van der Waals surface area contributed by atoms with Gasteiger partial charge in [0.05, 0.1) is 10.1 Å². The van der Waals surface area contributed by atoms with E-state index in [2.05, 4.69) is 5.32 Å². The van der Waals surface area contributed by atoms with Gasteiger partial charge in [-0.05, 0) is 49.3 Å². The van der Waals surface area contributed by atoms with Gasteiger partial charge in [0.1, 0.15) is 0 Å². The fourth-order valence-electron chi connectivity index (χ4n) is 2.11. The smallest absolute Gasteiger partial charge is 0.238 e. The van der Waals surface area contributed by atoms with E-state index < -0.39 is 10.0 Å². The van der Waals surface area contributed by atoms with Crippen LogP contribution in [0.5, 0.6) is 0 Å². The first-order valence-corrected chi connectivity index (χ1v) is 9.03. The molecule has 1 saturated heterocycles. The number of thioether (sulfide) groups is 1. The summed E-state index contributed by atoms with van der Waals surface area (Å²) in [6.45, 7) is 1.75. The van der Waals surface area contributed by atoms with E-state index in [-0.39, 0.29) is 16.1 Å². The third kappa shape index (κ3) is 3.74. The fraction of sp³-hybridized carbons (Fsp3) is 0.462. The Hall–Kier alpha value is -1.05. The summed E-state index contributed by atoms with van der Waals surface area (Å²) in [5.41, 5.74) is 1.32. The van der Waals surface area contributed by atoms with Gasteiger partial charge in [0.2, 0.25) is 15.9 Å². The minimum absolute atomic E-state index is 0.0128. The van der Waals surface area contributed by atoms with Crippen molar-refractivity contribution in [2.24, 2.45) is 5.14 Å². The Bertz CT molecular complexity index is 608. The number of hydrogen-bond acceptors (Lipinski definition) is 4. The molecule has 110 valence electrons. The number of carbonyl (C=O) groups is 1. The van der Waals surface area contributed by atoms with Crippen LogP contribution in [0.1, 0.15) is 24.8 Å². The van der Waals surface area contributed by atoms with Crippen molar-refractivity contribution in [1.29, 1.82) is 0 Å². The van der Waals surface area contributed by atoms with Gasteiger partial charge in [0.25, 0.3) is 0 Å². The van der Waals surface area contributed by atoms with Gasteiger partial charge in [0.15, 0.2) is 0 Å². The number of sulfonamides is 1. The maximum Gasteiger partial charge on any atom is 0.238 e. The molecule has 0 saturated carbocycles. The molecule has 1 aromatic carbocycles. The molecule has 20 heavy (non-hydrogen) atoms. The summed E-state index contributed by atoms with van der Waals surface area (Å²) in [4.78, 5) is 12.2. The molecular formula is C13H18N2O3S2. The van der Waals surface area contributed by atoms with Crippen molar-refractivity contribution in [3.63, 3.8) is 0 Å². The van der Waals surface area contributed by atoms with Crippen LogP contribution in [-0.4, -0.2) is 25.3 Å².